The van der Waals surface area contributed by atoms with E-state index in [0.29, 0.717) is 17.9 Å². The van der Waals surface area contributed by atoms with Gasteiger partial charge in [0.25, 0.3) is 0 Å². The lowest BCUT2D eigenvalue weighted by Crippen LogP contribution is -2.30. The summed E-state index contributed by atoms with van der Waals surface area (Å²) in [6.07, 6.45) is 8.40. The summed E-state index contributed by atoms with van der Waals surface area (Å²) in [6, 6.07) is 13.6. The number of allylic oxidation sites excluding steroid dienone is 1. The molecule has 0 aromatic heterocycles. The van der Waals surface area contributed by atoms with Crippen LogP contribution in [0.5, 0.6) is 11.5 Å². The third kappa shape index (κ3) is 2.98. The van der Waals surface area contributed by atoms with Gasteiger partial charge in [-0.2, -0.15) is 0 Å². The molecular formula is C21H24O2. The molecule has 0 atom stereocenters. The molecule has 23 heavy (non-hydrogen) atoms. The Hall–Kier alpha value is -2.22. The Kier molecular flexibility index (Phi) is 4.42. The van der Waals surface area contributed by atoms with Gasteiger partial charge in [0.2, 0.25) is 0 Å². The molecule has 2 heteroatoms. The Balaban J connectivity index is 2.10. The van der Waals surface area contributed by atoms with E-state index in [4.69, 9.17) is 0 Å². The third-order valence-corrected chi connectivity index (χ3v) is 5.12. The molecule has 2 N–H and O–H groups in total. The van der Waals surface area contributed by atoms with Crippen LogP contribution < -0.4 is 0 Å². The molecule has 1 aliphatic rings. The molecule has 0 aliphatic heterocycles. The average Bonchev–Trinajstić information content (AvgIpc) is 2.58. The average molecular weight is 308 g/mol. The highest BCUT2D eigenvalue weighted by Crippen LogP contribution is 2.46. The van der Waals surface area contributed by atoms with Crippen molar-refractivity contribution in [3.63, 3.8) is 0 Å². The van der Waals surface area contributed by atoms with E-state index >= 15 is 0 Å². The SMILES string of the molecule is C=CCc1cc(C2(c3ccc(O)cc3)CCCCC2)ccc1O. The van der Waals surface area contributed by atoms with E-state index < -0.39 is 0 Å². The molecule has 1 saturated carbocycles. The molecule has 2 nitrogen and oxygen atoms in total. The van der Waals surface area contributed by atoms with E-state index in [-0.39, 0.29) is 5.41 Å². The Morgan fingerprint density at radius 2 is 1.57 bits per heavy atom. The van der Waals surface area contributed by atoms with E-state index in [0.717, 1.165) is 18.4 Å². The minimum Gasteiger partial charge on any atom is -0.508 e. The number of hydrogen-bond donors (Lipinski definition) is 2. The van der Waals surface area contributed by atoms with Crippen LogP contribution in [0.3, 0.4) is 0 Å². The maximum atomic E-state index is 10.1. The first-order valence-corrected chi connectivity index (χ1v) is 8.38. The quantitative estimate of drug-likeness (QED) is 0.774. The Morgan fingerprint density at radius 1 is 0.913 bits per heavy atom. The molecule has 0 spiro atoms. The fraction of sp³-hybridized carbons (Fsp3) is 0.333. The zero-order valence-corrected chi connectivity index (χ0v) is 13.5. The van der Waals surface area contributed by atoms with Gasteiger partial charge in [-0.05, 0) is 54.2 Å². The molecule has 0 radical (unpaired) electrons. The number of aromatic hydroxyl groups is 2. The van der Waals surface area contributed by atoms with E-state index in [1.807, 2.05) is 24.3 Å². The highest BCUT2D eigenvalue weighted by molar-refractivity contribution is 5.46. The Labute approximate surface area is 138 Å². The topological polar surface area (TPSA) is 40.5 Å². The predicted molar refractivity (Wildman–Crippen MR) is 94.0 cm³/mol. The molecule has 0 unspecified atom stereocenters. The lowest BCUT2D eigenvalue weighted by Gasteiger charge is -2.39. The summed E-state index contributed by atoms with van der Waals surface area (Å²) in [7, 11) is 0. The van der Waals surface area contributed by atoms with Gasteiger partial charge in [0.05, 0.1) is 0 Å². The van der Waals surface area contributed by atoms with E-state index in [1.165, 1.54) is 30.4 Å². The minimum absolute atomic E-state index is 0.0183. The summed E-state index contributed by atoms with van der Waals surface area (Å²) < 4.78 is 0. The molecule has 3 rings (SSSR count). The summed E-state index contributed by atoms with van der Waals surface area (Å²) in [5, 5.41) is 19.7. The van der Waals surface area contributed by atoms with Crippen LogP contribution in [0, 0.1) is 0 Å². The van der Waals surface area contributed by atoms with Gasteiger partial charge in [-0.3, -0.25) is 0 Å². The minimum atomic E-state index is -0.0183. The van der Waals surface area contributed by atoms with E-state index in [2.05, 4.69) is 18.7 Å². The van der Waals surface area contributed by atoms with Crippen molar-refractivity contribution in [3.8, 4) is 11.5 Å². The standard InChI is InChI=1S/C21H24O2/c1-2-6-16-15-18(9-12-20(16)23)21(13-4-3-5-14-21)17-7-10-19(22)11-8-17/h2,7-12,15,22-23H,1,3-6,13-14H2. The van der Waals surface area contributed by atoms with Crippen molar-refractivity contribution in [1.82, 2.24) is 0 Å². The number of rotatable bonds is 4. The summed E-state index contributed by atoms with van der Waals surface area (Å²) in [6.45, 7) is 3.79. The van der Waals surface area contributed by atoms with Gasteiger partial charge in [0, 0.05) is 5.41 Å². The highest BCUT2D eigenvalue weighted by atomic mass is 16.3. The third-order valence-electron chi connectivity index (χ3n) is 5.12. The first-order chi connectivity index (χ1) is 11.2. The van der Waals surface area contributed by atoms with Crippen LogP contribution >= 0.6 is 0 Å². The van der Waals surface area contributed by atoms with Gasteiger partial charge in [-0.1, -0.05) is 49.6 Å². The van der Waals surface area contributed by atoms with Gasteiger partial charge in [0.15, 0.2) is 0 Å². The maximum absolute atomic E-state index is 10.1. The van der Waals surface area contributed by atoms with Crippen LogP contribution in [0.15, 0.2) is 55.1 Å². The van der Waals surface area contributed by atoms with Crippen molar-refractivity contribution in [2.75, 3.05) is 0 Å². The first-order valence-electron chi connectivity index (χ1n) is 8.38. The van der Waals surface area contributed by atoms with Crippen LogP contribution in [0.25, 0.3) is 0 Å². The van der Waals surface area contributed by atoms with Crippen molar-refractivity contribution >= 4 is 0 Å². The lowest BCUT2D eigenvalue weighted by atomic mass is 9.65. The monoisotopic (exact) mass is 308 g/mol. The van der Waals surface area contributed by atoms with E-state index in [9.17, 15) is 10.2 Å². The van der Waals surface area contributed by atoms with Gasteiger partial charge < -0.3 is 10.2 Å². The molecule has 2 aromatic rings. The molecule has 0 amide bonds. The summed E-state index contributed by atoms with van der Waals surface area (Å²) in [5.74, 6) is 0.642. The van der Waals surface area contributed by atoms with Crippen LogP contribution in [-0.2, 0) is 11.8 Å². The van der Waals surface area contributed by atoms with Gasteiger partial charge in [-0.25, -0.2) is 0 Å². The summed E-state index contributed by atoms with van der Waals surface area (Å²) in [4.78, 5) is 0. The second-order valence-corrected chi connectivity index (χ2v) is 6.53. The predicted octanol–water partition coefficient (Wildman–Crippen LogP) is 5.08. The van der Waals surface area contributed by atoms with Crippen molar-refractivity contribution in [2.24, 2.45) is 0 Å². The smallest absolute Gasteiger partial charge is 0.119 e. The van der Waals surface area contributed by atoms with E-state index in [1.54, 1.807) is 12.1 Å². The molecule has 1 fully saturated rings. The number of phenolic OH excluding ortho intramolecular Hbond substituents is 2. The molecule has 1 aliphatic carbocycles. The second kappa shape index (κ2) is 6.49. The fourth-order valence-corrected chi connectivity index (χ4v) is 3.88. The molecule has 120 valence electrons. The summed E-state index contributed by atoms with van der Waals surface area (Å²) in [5.41, 5.74) is 3.43. The highest BCUT2D eigenvalue weighted by Gasteiger charge is 2.35. The van der Waals surface area contributed by atoms with Crippen molar-refractivity contribution < 1.29 is 10.2 Å². The number of phenols is 2. The van der Waals surface area contributed by atoms with Crippen molar-refractivity contribution in [1.29, 1.82) is 0 Å². The van der Waals surface area contributed by atoms with Crippen LogP contribution in [0.4, 0.5) is 0 Å². The van der Waals surface area contributed by atoms with Crippen LogP contribution in [-0.4, -0.2) is 10.2 Å². The number of hydrogen-bond acceptors (Lipinski definition) is 2. The van der Waals surface area contributed by atoms with Crippen molar-refractivity contribution in [2.45, 2.75) is 43.9 Å². The van der Waals surface area contributed by atoms with Crippen LogP contribution in [0.1, 0.15) is 48.8 Å². The second-order valence-electron chi connectivity index (χ2n) is 6.53. The lowest BCUT2D eigenvalue weighted by molar-refractivity contribution is 0.345. The van der Waals surface area contributed by atoms with Crippen LogP contribution in [0.2, 0.25) is 0 Å². The zero-order valence-electron chi connectivity index (χ0n) is 13.5. The Morgan fingerprint density at radius 3 is 2.22 bits per heavy atom. The Bertz CT molecular complexity index is 679. The molecular weight excluding hydrogens is 284 g/mol. The molecule has 0 heterocycles. The molecule has 2 aromatic carbocycles. The van der Waals surface area contributed by atoms with Crippen molar-refractivity contribution in [3.05, 3.63) is 71.8 Å². The maximum Gasteiger partial charge on any atom is 0.119 e. The fourth-order valence-electron chi connectivity index (χ4n) is 3.88. The zero-order chi connectivity index (χ0) is 16.3. The largest absolute Gasteiger partial charge is 0.508 e. The first kappa shape index (κ1) is 15.7. The van der Waals surface area contributed by atoms with Gasteiger partial charge in [-0.15, -0.1) is 6.58 Å². The number of benzene rings is 2. The van der Waals surface area contributed by atoms with Gasteiger partial charge in [0.1, 0.15) is 11.5 Å². The molecule has 0 bridgehead atoms. The normalized spacial score (nSPS) is 16.9. The summed E-state index contributed by atoms with van der Waals surface area (Å²) >= 11 is 0. The van der Waals surface area contributed by atoms with Gasteiger partial charge >= 0.3 is 0 Å². The molecule has 0 saturated heterocycles.